The van der Waals surface area contributed by atoms with Crippen LogP contribution in [0.2, 0.25) is 0 Å². The van der Waals surface area contributed by atoms with Gasteiger partial charge < -0.3 is 4.74 Å². The van der Waals surface area contributed by atoms with E-state index in [1.54, 1.807) is 6.07 Å². The molecule has 0 heterocycles. The summed E-state index contributed by atoms with van der Waals surface area (Å²) in [4.78, 5) is 0. The largest absolute Gasteiger partial charge is 0.429 e. The van der Waals surface area contributed by atoms with Crippen LogP contribution in [0.5, 0.6) is 5.75 Å². The van der Waals surface area contributed by atoms with Gasteiger partial charge in [-0.25, -0.2) is 26.3 Å². The van der Waals surface area contributed by atoms with Gasteiger partial charge in [0.05, 0.1) is 0 Å². The van der Waals surface area contributed by atoms with Crippen LogP contribution in [-0.2, 0) is 6.42 Å². The molecule has 0 amide bonds. The number of hydrogen-bond donors (Lipinski definition) is 0. The molecule has 0 radical (unpaired) electrons. The summed E-state index contributed by atoms with van der Waals surface area (Å²) in [5, 5.41) is 0. The van der Waals surface area contributed by atoms with E-state index in [1.807, 2.05) is 24.3 Å². The summed E-state index contributed by atoms with van der Waals surface area (Å²) in [5.74, 6) is -7.45. The molecule has 0 saturated heterocycles. The normalized spacial score (nSPS) is 11.8. The predicted molar refractivity (Wildman–Crippen MR) is 167 cm³/mol. The molecular weight excluding hydrogens is 624 g/mol. The first-order chi connectivity index (χ1) is 22.4. The van der Waals surface area contributed by atoms with Crippen LogP contribution in [0.15, 0.2) is 97.1 Å². The molecule has 0 saturated carbocycles. The summed E-state index contributed by atoms with van der Waals surface area (Å²) in [6.07, 6.45) is 0.676. The second kappa shape index (κ2) is 14.2. The Hall–Kier alpha value is -4.92. The highest BCUT2D eigenvalue weighted by atomic mass is 19.3. The third-order valence-corrected chi connectivity index (χ3v) is 7.58. The van der Waals surface area contributed by atoms with Crippen molar-refractivity contribution in [3.8, 4) is 39.1 Å². The molecule has 0 N–H and O–H groups in total. The monoisotopic (exact) mass is 652 g/mol. The van der Waals surface area contributed by atoms with Crippen molar-refractivity contribution in [1.29, 1.82) is 0 Å². The molecule has 47 heavy (non-hydrogen) atoms. The second-order valence-corrected chi connectivity index (χ2v) is 11.0. The van der Waals surface area contributed by atoms with Crippen LogP contribution in [0.1, 0.15) is 37.3 Å². The van der Waals surface area contributed by atoms with E-state index in [2.05, 4.69) is 11.7 Å². The van der Waals surface area contributed by atoms with Crippen molar-refractivity contribution in [2.75, 3.05) is 0 Å². The van der Waals surface area contributed by atoms with Crippen LogP contribution < -0.4 is 4.74 Å². The van der Waals surface area contributed by atoms with Gasteiger partial charge >= 0.3 is 6.11 Å². The molecule has 0 fully saturated rings. The zero-order chi connectivity index (χ0) is 33.7. The van der Waals surface area contributed by atoms with E-state index in [1.165, 1.54) is 29.8 Å². The highest BCUT2D eigenvalue weighted by Crippen LogP contribution is 2.34. The fraction of sp³-hybridized carbons (Fsp3) is 0.158. The van der Waals surface area contributed by atoms with E-state index in [-0.39, 0.29) is 28.3 Å². The fourth-order valence-electron chi connectivity index (χ4n) is 5.10. The van der Waals surface area contributed by atoms with Crippen LogP contribution in [0.25, 0.3) is 39.5 Å². The number of unbranched alkanes of at least 4 members (excludes halogenated alkanes) is 2. The van der Waals surface area contributed by atoms with Crippen molar-refractivity contribution in [2.24, 2.45) is 0 Å². The summed E-state index contributed by atoms with van der Waals surface area (Å²) in [6.45, 7) is 2.14. The number of hydrogen-bond acceptors (Lipinski definition) is 1. The molecule has 0 bridgehead atoms. The van der Waals surface area contributed by atoms with Crippen molar-refractivity contribution in [1.82, 2.24) is 0 Å². The van der Waals surface area contributed by atoms with E-state index in [0.717, 1.165) is 55.5 Å². The summed E-state index contributed by atoms with van der Waals surface area (Å²) >= 11 is 0. The Morgan fingerprint density at radius 2 is 1.13 bits per heavy atom. The van der Waals surface area contributed by atoms with Gasteiger partial charge in [0, 0.05) is 28.8 Å². The minimum atomic E-state index is -4.14. The van der Waals surface area contributed by atoms with E-state index in [9.17, 15) is 26.3 Å². The van der Waals surface area contributed by atoms with Gasteiger partial charge in [-0.2, -0.15) is 8.78 Å². The lowest BCUT2D eigenvalue weighted by molar-refractivity contribution is -0.131. The Morgan fingerprint density at radius 3 is 1.74 bits per heavy atom. The summed E-state index contributed by atoms with van der Waals surface area (Å²) < 4.78 is 119. The summed E-state index contributed by atoms with van der Waals surface area (Å²) in [5.41, 5.74) is 1.72. The first kappa shape index (κ1) is 33.4. The minimum Gasteiger partial charge on any atom is -0.429 e. The van der Waals surface area contributed by atoms with Gasteiger partial charge in [-0.05, 0) is 83.1 Å². The van der Waals surface area contributed by atoms with Crippen molar-refractivity contribution in [2.45, 2.75) is 38.7 Å². The van der Waals surface area contributed by atoms with Crippen molar-refractivity contribution in [3.63, 3.8) is 0 Å². The molecule has 0 aromatic heterocycles. The molecule has 0 aliphatic carbocycles. The Morgan fingerprint density at radius 1 is 0.553 bits per heavy atom. The molecule has 1 nitrogen and oxygen atoms in total. The minimum absolute atomic E-state index is 0.0360. The van der Waals surface area contributed by atoms with Crippen LogP contribution in [0, 0.1) is 34.9 Å². The van der Waals surface area contributed by atoms with Gasteiger partial charge in [0.2, 0.25) is 0 Å². The van der Waals surface area contributed by atoms with Crippen molar-refractivity contribution < 1.29 is 39.9 Å². The van der Waals surface area contributed by atoms with E-state index >= 15 is 8.78 Å². The van der Waals surface area contributed by atoms with Gasteiger partial charge in [0.15, 0.2) is 11.6 Å². The molecule has 9 heteroatoms. The molecule has 0 unspecified atom stereocenters. The van der Waals surface area contributed by atoms with E-state index in [4.69, 9.17) is 0 Å². The quantitative estimate of drug-likeness (QED) is 0.102. The zero-order valence-corrected chi connectivity index (χ0v) is 25.1. The van der Waals surface area contributed by atoms with Crippen molar-refractivity contribution in [3.05, 3.63) is 143 Å². The zero-order valence-electron chi connectivity index (χ0n) is 25.1. The average molecular weight is 653 g/mol. The Labute approximate surface area is 266 Å². The molecule has 5 aromatic rings. The van der Waals surface area contributed by atoms with Crippen LogP contribution in [-0.4, -0.2) is 6.11 Å². The SMILES string of the molecule is CCCCCc1ccc(-c2ccc(-c3ccc(-c4cc(F)c(C=CC(F)(F)Oc5ccc(F)c(F)c5)c(F)c4)c(F)c3)c(F)c2)cc1. The van der Waals surface area contributed by atoms with E-state index < -0.39 is 52.3 Å². The molecule has 5 rings (SSSR count). The fourth-order valence-corrected chi connectivity index (χ4v) is 5.10. The number of alkyl halides is 2. The highest BCUT2D eigenvalue weighted by Gasteiger charge is 2.29. The van der Waals surface area contributed by atoms with Crippen LogP contribution in [0.3, 0.4) is 0 Å². The maximum atomic E-state index is 15.2. The maximum Gasteiger partial charge on any atom is 0.419 e. The van der Waals surface area contributed by atoms with Crippen molar-refractivity contribution >= 4 is 6.08 Å². The molecule has 0 aliphatic rings. The average Bonchev–Trinajstić information content (AvgIpc) is 3.02. The molecule has 242 valence electrons. The molecular formula is C38H28F8O. The highest BCUT2D eigenvalue weighted by molar-refractivity contribution is 5.75. The molecule has 0 aliphatic heterocycles. The third-order valence-electron chi connectivity index (χ3n) is 7.58. The van der Waals surface area contributed by atoms with Gasteiger partial charge in [-0.15, -0.1) is 0 Å². The smallest absolute Gasteiger partial charge is 0.419 e. The lowest BCUT2D eigenvalue weighted by Gasteiger charge is -2.14. The number of benzene rings is 5. The summed E-state index contributed by atoms with van der Waals surface area (Å²) in [7, 11) is 0. The lowest BCUT2D eigenvalue weighted by atomic mass is 9.96. The van der Waals surface area contributed by atoms with Crippen LogP contribution >= 0.6 is 0 Å². The van der Waals surface area contributed by atoms with Gasteiger partial charge in [-0.3, -0.25) is 0 Å². The number of halogens is 8. The number of ether oxygens (including phenoxy) is 1. The summed E-state index contributed by atoms with van der Waals surface area (Å²) in [6, 6.07) is 19.4. The van der Waals surface area contributed by atoms with Crippen LogP contribution in [0.4, 0.5) is 35.1 Å². The third kappa shape index (κ3) is 8.09. The Bertz CT molecular complexity index is 1890. The van der Waals surface area contributed by atoms with E-state index in [0.29, 0.717) is 23.8 Å². The standard InChI is InChI=1S/C38H28F8O/c1-2-3-4-5-23-6-8-24(9-7-23)25-10-13-29(33(40)18-25)26-11-14-30(34(41)19-26)27-20-35(42)31(36(43)21-27)16-17-38(45,46)47-28-12-15-32(39)37(44)22-28/h6-22H,2-5H2,1H3. The second-order valence-electron chi connectivity index (χ2n) is 11.0. The number of aryl methyl sites for hydroxylation is 1. The first-order valence-corrected chi connectivity index (χ1v) is 14.8. The predicted octanol–water partition coefficient (Wildman–Crippen LogP) is 11.9. The molecule has 0 atom stereocenters. The Balaban J connectivity index is 1.32. The maximum absolute atomic E-state index is 15.2. The molecule has 0 spiro atoms. The first-order valence-electron chi connectivity index (χ1n) is 14.8. The van der Waals surface area contributed by atoms with Gasteiger partial charge in [0.1, 0.15) is 29.0 Å². The Kier molecular flexibility index (Phi) is 10.1. The van der Waals surface area contributed by atoms with Gasteiger partial charge in [-0.1, -0.05) is 68.3 Å². The molecule has 5 aromatic carbocycles. The van der Waals surface area contributed by atoms with Gasteiger partial charge in [0.25, 0.3) is 0 Å². The topological polar surface area (TPSA) is 9.23 Å². The lowest BCUT2D eigenvalue weighted by Crippen LogP contribution is -2.21. The number of rotatable bonds is 11.